The van der Waals surface area contributed by atoms with Crippen molar-refractivity contribution in [3.63, 3.8) is 0 Å². The first kappa shape index (κ1) is 15.5. The summed E-state index contributed by atoms with van der Waals surface area (Å²) < 4.78 is 4.68. The molecule has 1 fully saturated rings. The number of methoxy groups -OCH3 is 1. The summed E-state index contributed by atoms with van der Waals surface area (Å²) in [6.07, 6.45) is 5.36. The Balaban J connectivity index is 2.58. The molecular weight excluding hydrogens is 244 g/mol. The molecule has 0 aromatic rings. The van der Waals surface area contributed by atoms with Gasteiger partial charge < -0.3 is 10.1 Å². The van der Waals surface area contributed by atoms with E-state index in [1.54, 1.807) is 6.92 Å². The van der Waals surface area contributed by atoms with Gasteiger partial charge in [0.05, 0.1) is 13.2 Å². The van der Waals surface area contributed by atoms with E-state index in [-0.39, 0.29) is 17.7 Å². The molecule has 0 unspecified atom stereocenters. The highest BCUT2D eigenvalue weighted by Crippen LogP contribution is 2.24. The van der Waals surface area contributed by atoms with Gasteiger partial charge in [-0.1, -0.05) is 19.3 Å². The van der Waals surface area contributed by atoms with E-state index in [0.29, 0.717) is 6.42 Å². The van der Waals surface area contributed by atoms with Gasteiger partial charge in [-0.05, 0) is 26.2 Å². The standard InChI is InChI=1S/C14H22N2O3/c1-10(9-15)8-12(14(18)19-2)16-13(17)11-6-4-3-5-7-11/h10-12H,3-8H2,1-2H3,(H,16,17)/t10-,12-/m0/s1. The second-order valence-electron chi connectivity index (χ2n) is 5.19. The van der Waals surface area contributed by atoms with Crippen molar-refractivity contribution in [2.24, 2.45) is 11.8 Å². The van der Waals surface area contributed by atoms with E-state index in [1.165, 1.54) is 13.5 Å². The lowest BCUT2D eigenvalue weighted by molar-refractivity contribution is -0.146. The lowest BCUT2D eigenvalue weighted by Crippen LogP contribution is -2.45. The molecule has 0 spiro atoms. The van der Waals surface area contributed by atoms with E-state index in [0.717, 1.165) is 25.7 Å². The maximum Gasteiger partial charge on any atom is 0.328 e. The normalized spacial score (nSPS) is 19.0. The van der Waals surface area contributed by atoms with Gasteiger partial charge in [0.15, 0.2) is 0 Å². The Morgan fingerprint density at radius 2 is 2.00 bits per heavy atom. The molecule has 0 heterocycles. The van der Waals surface area contributed by atoms with Gasteiger partial charge in [0.25, 0.3) is 0 Å². The van der Waals surface area contributed by atoms with Gasteiger partial charge in [-0.15, -0.1) is 0 Å². The summed E-state index contributed by atoms with van der Waals surface area (Å²) in [6, 6.07) is 1.35. The van der Waals surface area contributed by atoms with Gasteiger partial charge in [-0.3, -0.25) is 4.79 Å². The van der Waals surface area contributed by atoms with Gasteiger partial charge in [-0.2, -0.15) is 5.26 Å². The van der Waals surface area contributed by atoms with Crippen molar-refractivity contribution in [1.29, 1.82) is 5.26 Å². The third-order valence-corrected chi connectivity index (χ3v) is 3.59. The second-order valence-corrected chi connectivity index (χ2v) is 5.19. The minimum atomic E-state index is -0.714. The van der Waals surface area contributed by atoms with Crippen LogP contribution in [0.4, 0.5) is 0 Å². The summed E-state index contributed by atoms with van der Waals surface area (Å²) in [6.45, 7) is 1.72. The highest BCUT2D eigenvalue weighted by atomic mass is 16.5. The molecule has 5 heteroatoms. The highest BCUT2D eigenvalue weighted by molar-refractivity contribution is 5.85. The van der Waals surface area contributed by atoms with Crippen molar-refractivity contribution < 1.29 is 14.3 Å². The lowest BCUT2D eigenvalue weighted by Gasteiger charge is -2.24. The third-order valence-electron chi connectivity index (χ3n) is 3.59. The van der Waals surface area contributed by atoms with Crippen LogP contribution in [0.1, 0.15) is 45.4 Å². The van der Waals surface area contributed by atoms with E-state index in [4.69, 9.17) is 5.26 Å². The van der Waals surface area contributed by atoms with Crippen molar-refractivity contribution >= 4 is 11.9 Å². The van der Waals surface area contributed by atoms with Gasteiger partial charge >= 0.3 is 5.97 Å². The quantitative estimate of drug-likeness (QED) is 0.769. The number of esters is 1. The minimum absolute atomic E-state index is 0.00158. The zero-order chi connectivity index (χ0) is 14.3. The monoisotopic (exact) mass is 266 g/mol. The van der Waals surface area contributed by atoms with Crippen molar-refractivity contribution in [2.75, 3.05) is 7.11 Å². The fourth-order valence-electron chi connectivity index (χ4n) is 2.42. The molecule has 2 atom stereocenters. The molecule has 1 saturated carbocycles. The average Bonchev–Trinajstić information content (AvgIpc) is 2.46. The Hall–Kier alpha value is -1.57. The van der Waals surface area contributed by atoms with Crippen LogP contribution in [0.25, 0.3) is 0 Å². The predicted octanol–water partition coefficient (Wildman–Crippen LogP) is 1.77. The predicted molar refractivity (Wildman–Crippen MR) is 69.9 cm³/mol. The second kappa shape index (κ2) is 7.78. The van der Waals surface area contributed by atoms with E-state index in [1.807, 2.05) is 0 Å². The van der Waals surface area contributed by atoms with Gasteiger partial charge in [0, 0.05) is 11.8 Å². The summed E-state index contributed by atoms with van der Waals surface area (Å²) in [5, 5.41) is 11.5. The molecule has 0 saturated heterocycles. The van der Waals surface area contributed by atoms with Crippen LogP contribution >= 0.6 is 0 Å². The van der Waals surface area contributed by atoms with Gasteiger partial charge in [0.2, 0.25) is 5.91 Å². The van der Waals surface area contributed by atoms with E-state index < -0.39 is 12.0 Å². The number of amides is 1. The summed E-state index contributed by atoms with van der Waals surface area (Å²) in [4.78, 5) is 23.7. The molecule has 0 aliphatic heterocycles. The number of carbonyl (C=O) groups is 2. The van der Waals surface area contributed by atoms with Crippen molar-refractivity contribution in [1.82, 2.24) is 5.32 Å². The van der Waals surface area contributed by atoms with Crippen LogP contribution in [-0.4, -0.2) is 25.0 Å². The molecule has 1 aliphatic rings. The summed E-state index contributed by atoms with van der Waals surface area (Å²) in [5.41, 5.74) is 0. The fraction of sp³-hybridized carbons (Fsp3) is 0.786. The Morgan fingerprint density at radius 3 is 2.53 bits per heavy atom. The number of hydrogen-bond acceptors (Lipinski definition) is 4. The lowest BCUT2D eigenvalue weighted by atomic mass is 9.88. The minimum Gasteiger partial charge on any atom is -0.467 e. The molecule has 19 heavy (non-hydrogen) atoms. The largest absolute Gasteiger partial charge is 0.467 e. The molecule has 1 N–H and O–H groups in total. The number of nitriles is 1. The van der Waals surface area contributed by atoms with E-state index >= 15 is 0 Å². The van der Waals surface area contributed by atoms with Crippen LogP contribution < -0.4 is 5.32 Å². The first-order chi connectivity index (χ1) is 9.08. The molecule has 1 aliphatic carbocycles. The summed E-state index contributed by atoms with van der Waals surface area (Å²) >= 11 is 0. The number of nitrogens with one attached hydrogen (secondary N) is 1. The number of carbonyl (C=O) groups excluding carboxylic acids is 2. The van der Waals surface area contributed by atoms with Crippen molar-refractivity contribution in [2.45, 2.75) is 51.5 Å². The Kier molecular flexibility index (Phi) is 6.34. The molecular formula is C14H22N2O3. The Labute approximate surface area is 114 Å². The van der Waals surface area contributed by atoms with Gasteiger partial charge in [0.1, 0.15) is 6.04 Å². The zero-order valence-electron chi connectivity index (χ0n) is 11.6. The number of nitrogens with zero attached hydrogens (tertiary/aromatic N) is 1. The maximum absolute atomic E-state index is 12.1. The molecule has 1 amide bonds. The molecule has 0 aromatic heterocycles. The summed E-state index contributed by atoms with van der Waals surface area (Å²) in [5.74, 6) is -0.861. The van der Waals surface area contributed by atoms with E-state index in [2.05, 4.69) is 16.1 Å². The Bertz CT molecular complexity index is 356. The Morgan fingerprint density at radius 1 is 1.37 bits per heavy atom. The topological polar surface area (TPSA) is 79.2 Å². The number of ether oxygens (including phenoxy) is 1. The first-order valence-electron chi connectivity index (χ1n) is 6.86. The van der Waals surface area contributed by atoms with Crippen LogP contribution in [-0.2, 0) is 14.3 Å². The van der Waals surface area contributed by atoms with E-state index in [9.17, 15) is 9.59 Å². The smallest absolute Gasteiger partial charge is 0.328 e. The van der Waals surface area contributed by atoms with Crippen LogP contribution in [0.3, 0.4) is 0 Å². The van der Waals surface area contributed by atoms with Crippen LogP contribution in [0.5, 0.6) is 0 Å². The molecule has 106 valence electrons. The van der Waals surface area contributed by atoms with Crippen molar-refractivity contribution in [3.05, 3.63) is 0 Å². The third kappa shape index (κ3) is 4.90. The first-order valence-corrected chi connectivity index (χ1v) is 6.86. The van der Waals surface area contributed by atoms with Gasteiger partial charge in [-0.25, -0.2) is 4.79 Å². The zero-order valence-corrected chi connectivity index (χ0v) is 11.6. The SMILES string of the molecule is COC(=O)[C@H](C[C@H](C)C#N)NC(=O)C1CCCCC1. The van der Waals surface area contributed by atoms with Crippen molar-refractivity contribution in [3.8, 4) is 6.07 Å². The highest BCUT2D eigenvalue weighted by Gasteiger charge is 2.28. The fourth-order valence-corrected chi connectivity index (χ4v) is 2.42. The molecule has 0 bridgehead atoms. The number of hydrogen-bond donors (Lipinski definition) is 1. The molecule has 5 nitrogen and oxygen atoms in total. The van der Waals surface area contributed by atoms with Crippen LogP contribution in [0.2, 0.25) is 0 Å². The molecule has 0 radical (unpaired) electrons. The molecule has 1 rings (SSSR count). The number of rotatable bonds is 5. The summed E-state index contributed by atoms with van der Waals surface area (Å²) in [7, 11) is 1.29. The molecule has 0 aromatic carbocycles. The average molecular weight is 266 g/mol. The van der Waals surface area contributed by atoms with Crippen LogP contribution in [0.15, 0.2) is 0 Å². The maximum atomic E-state index is 12.1. The van der Waals surface area contributed by atoms with Crippen LogP contribution in [0, 0.1) is 23.2 Å².